The van der Waals surface area contributed by atoms with E-state index in [1.54, 1.807) is 0 Å². The van der Waals surface area contributed by atoms with Crippen molar-refractivity contribution in [3.63, 3.8) is 0 Å². The lowest BCUT2D eigenvalue weighted by Crippen LogP contribution is -1.90. The van der Waals surface area contributed by atoms with Gasteiger partial charge in [-0.05, 0) is 50.5 Å². The summed E-state index contributed by atoms with van der Waals surface area (Å²) >= 11 is 1.46. The van der Waals surface area contributed by atoms with Crippen molar-refractivity contribution in [3.8, 4) is 17.3 Å². The molecule has 1 heterocycles. The van der Waals surface area contributed by atoms with Crippen LogP contribution in [-0.4, -0.2) is 4.98 Å². The molecule has 0 bridgehead atoms. The summed E-state index contributed by atoms with van der Waals surface area (Å²) in [5, 5.41) is 10.1. The van der Waals surface area contributed by atoms with Crippen LogP contribution in [0.4, 0.5) is 0 Å². The van der Waals surface area contributed by atoms with Gasteiger partial charge in [-0.15, -0.1) is 11.3 Å². The van der Waals surface area contributed by atoms with Crippen molar-refractivity contribution in [1.29, 1.82) is 5.26 Å². The molecular weight excluding hydrogens is 228 g/mol. The summed E-state index contributed by atoms with van der Waals surface area (Å²) in [6, 6.07) is 6.51. The Morgan fingerprint density at radius 1 is 1.06 bits per heavy atom. The number of thiazole rings is 1. The summed E-state index contributed by atoms with van der Waals surface area (Å²) in [5.74, 6) is 0. The third-order valence-electron chi connectivity index (χ3n) is 2.93. The lowest BCUT2D eigenvalue weighted by atomic mass is 9.98. The first-order valence-electron chi connectivity index (χ1n) is 5.48. The maximum Gasteiger partial charge on any atom is 0.132 e. The fourth-order valence-corrected chi connectivity index (χ4v) is 2.63. The molecule has 0 amide bonds. The summed E-state index contributed by atoms with van der Waals surface area (Å²) < 4.78 is 0. The zero-order chi connectivity index (χ0) is 12.6. The van der Waals surface area contributed by atoms with Gasteiger partial charge in [0.2, 0.25) is 0 Å². The van der Waals surface area contributed by atoms with Crippen LogP contribution in [0.25, 0.3) is 11.3 Å². The molecule has 0 aliphatic carbocycles. The van der Waals surface area contributed by atoms with Crippen LogP contribution in [0.15, 0.2) is 12.1 Å². The van der Waals surface area contributed by atoms with Gasteiger partial charge in [-0.3, -0.25) is 0 Å². The first-order chi connectivity index (χ1) is 8.02. The fourth-order valence-electron chi connectivity index (χ4n) is 1.90. The lowest BCUT2D eigenvalue weighted by molar-refractivity contribution is 1.25. The highest BCUT2D eigenvalue weighted by atomic mass is 32.1. The number of nitrogens with zero attached hydrogens (tertiary/aromatic N) is 2. The molecule has 0 fully saturated rings. The van der Waals surface area contributed by atoms with Crippen LogP contribution in [0.5, 0.6) is 0 Å². The monoisotopic (exact) mass is 242 g/mol. The van der Waals surface area contributed by atoms with E-state index in [1.807, 2.05) is 6.92 Å². The molecule has 0 unspecified atom stereocenters. The van der Waals surface area contributed by atoms with Crippen LogP contribution in [0.1, 0.15) is 26.6 Å². The molecule has 1 aromatic carbocycles. The van der Waals surface area contributed by atoms with Gasteiger partial charge in [0.25, 0.3) is 0 Å². The summed E-state index contributed by atoms with van der Waals surface area (Å²) in [7, 11) is 0. The highest BCUT2D eigenvalue weighted by Gasteiger charge is 2.13. The van der Waals surface area contributed by atoms with Gasteiger partial charge >= 0.3 is 0 Å². The summed E-state index contributed by atoms with van der Waals surface area (Å²) in [6.45, 7) is 8.19. The SMILES string of the molecule is Cc1nc(-c2cc(C)c(C)cc2C)c(C#N)s1. The molecule has 0 atom stereocenters. The Balaban J connectivity index is 2.69. The minimum Gasteiger partial charge on any atom is -0.240 e. The molecule has 2 nitrogen and oxygen atoms in total. The van der Waals surface area contributed by atoms with Crippen molar-refractivity contribution in [1.82, 2.24) is 4.98 Å². The predicted octanol–water partition coefficient (Wildman–Crippen LogP) is 3.92. The normalized spacial score (nSPS) is 10.3. The number of aryl methyl sites for hydroxylation is 4. The molecule has 86 valence electrons. The average Bonchev–Trinajstić information content (AvgIpc) is 2.64. The summed E-state index contributed by atoms with van der Waals surface area (Å²) in [6.07, 6.45) is 0. The van der Waals surface area contributed by atoms with Crippen LogP contribution in [0.3, 0.4) is 0 Å². The van der Waals surface area contributed by atoms with Crippen molar-refractivity contribution >= 4 is 11.3 Å². The Morgan fingerprint density at radius 2 is 1.71 bits per heavy atom. The maximum atomic E-state index is 9.13. The Hall–Kier alpha value is -1.66. The minimum absolute atomic E-state index is 0.703. The molecule has 1 aromatic heterocycles. The van der Waals surface area contributed by atoms with E-state index >= 15 is 0 Å². The molecular formula is C14H14N2S. The number of rotatable bonds is 1. The fraction of sp³-hybridized carbons (Fsp3) is 0.286. The quantitative estimate of drug-likeness (QED) is 0.760. The van der Waals surface area contributed by atoms with Crippen LogP contribution >= 0.6 is 11.3 Å². The van der Waals surface area contributed by atoms with Crippen molar-refractivity contribution in [2.75, 3.05) is 0 Å². The van der Waals surface area contributed by atoms with Crippen LogP contribution in [-0.2, 0) is 0 Å². The van der Waals surface area contributed by atoms with Gasteiger partial charge in [0.05, 0.1) is 10.7 Å². The van der Waals surface area contributed by atoms with Gasteiger partial charge < -0.3 is 0 Å². The highest BCUT2D eigenvalue weighted by molar-refractivity contribution is 7.12. The third-order valence-corrected chi connectivity index (χ3v) is 3.81. The largest absolute Gasteiger partial charge is 0.240 e. The van der Waals surface area contributed by atoms with Gasteiger partial charge in [0.1, 0.15) is 10.9 Å². The smallest absolute Gasteiger partial charge is 0.132 e. The number of hydrogen-bond acceptors (Lipinski definition) is 3. The number of aromatic nitrogens is 1. The van der Waals surface area contributed by atoms with Crippen molar-refractivity contribution in [3.05, 3.63) is 38.7 Å². The van der Waals surface area contributed by atoms with E-state index < -0.39 is 0 Å². The molecule has 0 saturated heterocycles. The van der Waals surface area contributed by atoms with Crippen molar-refractivity contribution in [2.45, 2.75) is 27.7 Å². The average molecular weight is 242 g/mol. The molecule has 0 saturated carbocycles. The Kier molecular flexibility index (Phi) is 2.99. The lowest BCUT2D eigenvalue weighted by Gasteiger charge is -2.08. The standard InChI is InChI=1S/C14H14N2S/c1-8-5-10(3)12(6-9(8)2)14-13(7-15)17-11(4)16-14/h5-6H,1-4H3. The number of benzene rings is 1. The Morgan fingerprint density at radius 3 is 2.35 bits per heavy atom. The van der Waals surface area contributed by atoms with Crippen LogP contribution in [0.2, 0.25) is 0 Å². The van der Waals surface area contributed by atoms with Crippen molar-refractivity contribution < 1.29 is 0 Å². The van der Waals surface area contributed by atoms with Gasteiger partial charge in [-0.1, -0.05) is 6.07 Å². The van der Waals surface area contributed by atoms with Gasteiger partial charge in [0, 0.05) is 5.56 Å². The number of nitriles is 1. The van der Waals surface area contributed by atoms with E-state index in [9.17, 15) is 0 Å². The first kappa shape index (κ1) is 11.8. The predicted molar refractivity (Wildman–Crippen MR) is 71.2 cm³/mol. The zero-order valence-electron chi connectivity index (χ0n) is 10.5. The molecule has 2 aromatic rings. The van der Waals surface area contributed by atoms with Crippen LogP contribution < -0.4 is 0 Å². The van der Waals surface area contributed by atoms with E-state index in [2.05, 4.69) is 44.0 Å². The second kappa shape index (κ2) is 4.31. The molecule has 0 radical (unpaired) electrons. The molecule has 0 aliphatic heterocycles. The summed E-state index contributed by atoms with van der Waals surface area (Å²) in [4.78, 5) is 5.18. The zero-order valence-corrected chi connectivity index (χ0v) is 11.3. The van der Waals surface area contributed by atoms with E-state index in [4.69, 9.17) is 5.26 Å². The van der Waals surface area contributed by atoms with Gasteiger partial charge in [-0.25, -0.2) is 4.98 Å². The first-order valence-corrected chi connectivity index (χ1v) is 6.30. The topological polar surface area (TPSA) is 36.7 Å². The second-order valence-electron chi connectivity index (χ2n) is 4.27. The van der Waals surface area contributed by atoms with E-state index in [-0.39, 0.29) is 0 Å². The second-order valence-corrected chi connectivity index (χ2v) is 5.48. The van der Waals surface area contributed by atoms with Crippen LogP contribution in [0, 0.1) is 39.0 Å². The highest BCUT2D eigenvalue weighted by Crippen LogP contribution is 2.31. The molecule has 0 spiro atoms. The Labute approximate surface area is 106 Å². The Bertz CT molecular complexity index is 618. The molecule has 0 aliphatic rings. The van der Waals surface area contributed by atoms with Gasteiger partial charge in [-0.2, -0.15) is 5.26 Å². The van der Waals surface area contributed by atoms with Crippen molar-refractivity contribution in [2.24, 2.45) is 0 Å². The maximum absolute atomic E-state index is 9.13. The third kappa shape index (κ3) is 2.09. The minimum atomic E-state index is 0.703. The van der Waals surface area contributed by atoms with Gasteiger partial charge in [0.15, 0.2) is 0 Å². The van der Waals surface area contributed by atoms with E-state index in [0.717, 1.165) is 16.3 Å². The summed E-state index contributed by atoms with van der Waals surface area (Å²) in [5.41, 5.74) is 5.59. The van der Waals surface area contributed by atoms with E-state index in [1.165, 1.54) is 28.0 Å². The molecule has 0 N–H and O–H groups in total. The number of hydrogen-bond donors (Lipinski definition) is 0. The van der Waals surface area contributed by atoms with E-state index in [0.29, 0.717) is 4.88 Å². The molecule has 17 heavy (non-hydrogen) atoms. The molecule has 3 heteroatoms. The molecule has 2 rings (SSSR count).